The first-order valence-corrected chi connectivity index (χ1v) is 7.07. The van der Waals surface area contributed by atoms with Crippen LogP contribution in [0.5, 0.6) is 0 Å². The number of hydrogen-bond donors (Lipinski definition) is 2. The van der Waals surface area contributed by atoms with Crippen molar-refractivity contribution in [3.63, 3.8) is 0 Å². The maximum atomic E-state index is 4.30. The van der Waals surface area contributed by atoms with Crippen molar-refractivity contribution in [1.82, 2.24) is 15.5 Å². The Morgan fingerprint density at radius 2 is 1.89 bits per heavy atom. The molecule has 2 heterocycles. The molecule has 2 aromatic rings. The standard InChI is InChI=1S/C16H21N3/c1-11-3-4-12(2)14(9-11)15-10-18-19-16(15)13-5-7-17-8-6-13/h3-4,9-10,13,17H,5-8H2,1-2H3,(H,18,19). The molecule has 0 amide bonds. The van der Waals surface area contributed by atoms with Crippen molar-refractivity contribution in [2.45, 2.75) is 32.6 Å². The van der Waals surface area contributed by atoms with E-state index in [1.807, 2.05) is 6.20 Å². The zero-order valence-electron chi connectivity index (χ0n) is 11.7. The molecule has 0 atom stereocenters. The van der Waals surface area contributed by atoms with Gasteiger partial charge in [-0.15, -0.1) is 0 Å². The molecule has 3 nitrogen and oxygen atoms in total. The fourth-order valence-electron chi connectivity index (χ4n) is 2.96. The molecule has 0 aliphatic carbocycles. The Morgan fingerprint density at radius 1 is 1.11 bits per heavy atom. The van der Waals surface area contributed by atoms with E-state index in [0.29, 0.717) is 5.92 Å². The predicted octanol–water partition coefficient (Wildman–Crippen LogP) is 3.16. The van der Waals surface area contributed by atoms with E-state index < -0.39 is 0 Å². The van der Waals surface area contributed by atoms with Crippen molar-refractivity contribution in [2.75, 3.05) is 13.1 Å². The number of nitrogens with zero attached hydrogens (tertiary/aromatic N) is 1. The summed E-state index contributed by atoms with van der Waals surface area (Å²) in [6.07, 6.45) is 4.37. The Bertz CT molecular complexity index is 565. The Balaban J connectivity index is 2.01. The van der Waals surface area contributed by atoms with Gasteiger partial charge in [-0.2, -0.15) is 5.10 Å². The molecule has 1 aliphatic heterocycles. The lowest BCUT2D eigenvalue weighted by molar-refractivity contribution is 0.453. The second-order valence-electron chi connectivity index (χ2n) is 5.54. The first-order valence-electron chi connectivity index (χ1n) is 7.07. The lowest BCUT2D eigenvalue weighted by Gasteiger charge is -2.23. The van der Waals surface area contributed by atoms with Gasteiger partial charge in [-0.1, -0.05) is 23.8 Å². The zero-order valence-corrected chi connectivity index (χ0v) is 11.7. The molecule has 0 radical (unpaired) electrons. The molecule has 0 unspecified atom stereocenters. The van der Waals surface area contributed by atoms with Gasteiger partial charge in [-0.3, -0.25) is 5.10 Å². The Morgan fingerprint density at radius 3 is 2.68 bits per heavy atom. The average molecular weight is 255 g/mol. The third-order valence-corrected chi connectivity index (χ3v) is 4.10. The molecule has 1 aromatic heterocycles. The van der Waals surface area contributed by atoms with Crippen LogP contribution in [-0.2, 0) is 0 Å². The summed E-state index contributed by atoms with van der Waals surface area (Å²) >= 11 is 0. The normalized spacial score (nSPS) is 16.7. The van der Waals surface area contributed by atoms with Crippen molar-refractivity contribution in [1.29, 1.82) is 0 Å². The summed E-state index contributed by atoms with van der Waals surface area (Å²) in [7, 11) is 0. The van der Waals surface area contributed by atoms with Crippen LogP contribution in [-0.4, -0.2) is 23.3 Å². The summed E-state index contributed by atoms with van der Waals surface area (Å²) in [5, 5.41) is 11.0. The molecule has 1 aliphatic rings. The lowest BCUT2D eigenvalue weighted by atomic mass is 9.89. The van der Waals surface area contributed by atoms with Crippen molar-refractivity contribution < 1.29 is 0 Å². The minimum absolute atomic E-state index is 0.610. The topological polar surface area (TPSA) is 40.7 Å². The summed E-state index contributed by atoms with van der Waals surface area (Å²) in [5.74, 6) is 0.610. The summed E-state index contributed by atoms with van der Waals surface area (Å²) in [5.41, 5.74) is 6.55. The number of nitrogens with one attached hydrogen (secondary N) is 2. The molecule has 1 aromatic carbocycles. The zero-order chi connectivity index (χ0) is 13.2. The predicted molar refractivity (Wildman–Crippen MR) is 78.3 cm³/mol. The number of benzene rings is 1. The Labute approximate surface area is 114 Å². The number of aryl methyl sites for hydroxylation is 2. The van der Waals surface area contributed by atoms with E-state index in [1.165, 1.54) is 40.8 Å². The van der Waals surface area contributed by atoms with Gasteiger partial charge in [0.1, 0.15) is 0 Å². The SMILES string of the molecule is Cc1ccc(C)c(-c2cn[nH]c2C2CCNCC2)c1. The maximum Gasteiger partial charge on any atom is 0.0568 e. The number of rotatable bonds is 2. The largest absolute Gasteiger partial charge is 0.317 e. The van der Waals surface area contributed by atoms with E-state index in [4.69, 9.17) is 0 Å². The van der Waals surface area contributed by atoms with E-state index in [1.54, 1.807) is 0 Å². The number of aromatic nitrogens is 2. The molecule has 1 fully saturated rings. The van der Waals surface area contributed by atoms with Crippen molar-refractivity contribution in [2.24, 2.45) is 0 Å². The summed E-state index contributed by atoms with van der Waals surface area (Å²) < 4.78 is 0. The molecule has 3 heteroatoms. The van der Waals surface area contributed by atoms with Crippen LogP contribution in [0.2, 0.25) is 0 Å². The van der Waals surface area contributed by atoms with Gasteiger partial charge in [-0.05, 0) is 50.9 Å². The average Bonchev–Trinajstić information content (AvgIpc) is 2.91. The number of hydrogen-bond acceptors (Lipinski definition) is 2. The number of H-pyrrole nitrogens is 1. The quantitative estimate of drug-likeness (QED) is 0.865. The van der Waals surface area contributed by atoms with Gasteiger partial charge in [0.25, 0.3) is 0 Å². The third kappa shape index (κ3) is 2.43. The minimum Gasteiger partial charge on any atom is -0.317 e. The van der Waals surface area contributed by atoms with Gasteiger partial charge in [-0.25, -0.2) is 0 Å². The van der Waals surface area contributed by atoms with Crippen molar-refractivity contribution >= 4 is 0 Å². The second-order valence-corrected chi connectivity index (χ2v) is 5.54. The highest BCUT2D eigenvalue weighted by molar-refractivity contribution is 5.70. The van der Waals surface area contributed by atoms with Gasteiger partial charge in [0.2, 0.25) is 0 Å². The summed E-state index contributed by atoms with van der Waals surface area (Å²) in [6, 6.07) is 6.64. The maximum absolute atomic E-state index is 4.30. The number of piperidine rings is 1. The van der Waals surface area contributed by atoms with Crippen molar-refractivity contribution in [3.05, 3.63) is 41.2 Å². The smallest absolute Gasteiger partial charge is 0.0568 e. The van der Waals surface area contributed by atoms with Gasteiger partial charge in [0, 0.05) is 17.2 Å². The first-order chi connectivity index (χ1) is 9.25. The van der Waals surface area contributed by atoms with Gasteiger partial charge >= 0.3 is 0 Å². The molecular weight excluding hydrogens is 234 g/mol. The summed E-state index contributed by atoms with van der Waals surface area (Å²) in [6.45, 7) is 6.53. The minimum atomic E-state index is 0.610. The van der Waals surface area contributed by atoms with Gasteiger partial charge in [0.15, 0.2) is 0 Å². The molecule has 2 N–H and O–H groups in total. The summed E-state index contributed by atoms with van der Waals surface area (Å²) in [4.78, 5) is 0. The van der Waals surface area contributed by atoms with Crippen LogP contribution in [0.25, 0.3) is 11.1 Å². The molecular formula is C16H21N3. The molecule has 1 saturated heterocycles. The van der Waals surface area contributed by atoms with Gasteiger partial charge < -0.3 is 5.32 Å². The third-order valence-electron chi connectivity index (χ3n) is 4.10. The Kier molecular flexibility index (Phi) is 3.38. The Hall–Kier alpha value is -1.61. The number of aromatic amines is 1. The molecule has 19 heavy (non-hydrogen) atoms. The highest BCUT2D eigenvalue weighted by Crippen LogP contribution is 2.34. The van der Waals surface area contributed by atoms with E-state index in [0.717, 1.165) is 13.1 Å². The fourth-order valence-corrected chi connectivity index (χ4v) is 2.96. The van der Waals surface area contributed by atoms with E-state index in [9.17, 15) is 0 Å². The molecule has 100 valence electrons. The molecule has 0 bridgehead atoms. The molecule has 3 rings (SSSR count). The van der Waals surface area contributed by atoms with E-state index >= 15 is 0 Å². The van der Waals surface area contributed by atoms with Crippen LogP contribution in [0.15, 0.2) is 24.4 Å². The second kappa shape index (κ2) is 5.17. The fraction of sp³-hybridized carbons (Fsp3) is 0.438. The van der Waals surface area contributed by atoms with E-state index in [2.05, 4.69) is 47.6 Å². The van der Waals surface area contributed by atoms with Crippen LogP contribution in [0, 0.1) is 13.8 Å². The molecule has 0 spiro atoms. The molecule has 0 saturated carbocycles. The van der Waals surface area contributed by atoms with Crippen LogP contribution < -0.4 is 5.32 Å². The highest BCUT2D eigenvalue weighted by Gasteiger charge is 2.21. The van der Waals surface area contributed by atoms with Gasteiger partial charge in [0.05, 0.1) is 6.20 Å². The van der Waals surface area contributed by atoms with Crippen molar-refractivity contribution in [3.8, 4) is 11.1 Å². The highest BCUT2D eigenvalue weighted by atomic mass is 15.1. The monoisotopic (exact) mass is 255 g/mol. The van der Waals surface area contributed by atoms with Crippen LogP contribution in [0.3, 0.4) is 0 Å². The van der Waals surface area contributed by atoms with Crippen LogP contribution in [0.1, 0.15) is 35.6 Å². The first kappa shape index (κ1) is 12.4. The van der Waals surface area contributed by atoms with E-state index in [-0.39, 0.29) is 0 Å². The van der Waals surface area contributed by atoms with Crippen LogP contribution in [0.4, 0.5) is 0 Å². The lowest BCUT2D eigenvalue weighted by Crippen LogP contribution is -2.27. The van der Waals surface area contributed by atoms with Crippen LogP contribution >= 0.6 is 0 Å².